The molecule has 1 heterocycles. The van der Waals surface area contributed by atoms with Crippen molar-refractivity contribution in [3.8, 4) is 0 Å². The van der Waals surface area contributed by atoms with Gasteiger partial charge in [-0.05, 0) is 45.2 Å². The number of amides is 1. The van der Waals surface area contributed by atoms with Crippen LogP contribution in [0.15, 0.2) is 12.1 Å². The summed E-state index contributed by atoms with van der Waals surface area (Å²) in [6.07, 6.45) is 2.62. The van der Waals surface area contributed by atoms with Crippen LogP contribution < -0.4 is 5.32 Å². The minimum atomic E-state index is -0.776. The fraction of sp³-hybridized carbons (Fsp3) is 0.600. The van der Waals surface area contributed by atoms with E-state index in [0.29, 0.717) is 19.3 Å². The number of aryl methyl sites for hydroxylation is 1. The Balaban J connectivity index is 1.81. The molecule has 1 aromatic heterocycles. The molecule has 0 aromatic carbocycles. The van der Waals surface area contributed by atoms with Gasteiger partial charge in [-0.2, -0.15) is 0 Å². The van der Waals surface area contributed by atoms with Gasteiger partial charge in [-0.25, -0.2) is 0 Å². The summed E-state index contributed by atoms with van der Waals surface area (Å²) in [4.78, 5) is 25.6. The van der Waals surface area contributed by atoms with Gasteiger partial charge in [0.15, 0.2) is 0 Å². The third kappa shape index (κ3) is 3.82. The smallest absolute Gasteiger partial charge is 0.306 e. The van der Waals surface area contributed by atoms with Crippen molar-refractivity contribution in [1.82, 2.24) is 5.32 Å². The van der Waals surface area contributed by atoms with Crippen LogP contribution in [0.25, 0.3) is 0 Å². The van der Waals surface area contributed by atoms with Gasteiger partial charge in [0.05, 0.1) is 5.92 Å². The maximum atomic E-state index is 12.1. The molecule has 110 valence electrons. The van der Waals surface area contributed by atoms with E-state index in [9.17, 15) is 9.59 Å². The summed E-state index contributed by atoms with van der Waals surface area (Å²) in [6, 6.07) is 4.27. The van der Waals surface area contributed by atoms with Gasteiger partial charge in [0, 0.05) is 28.1 Å². The van der Waals surface area contributed by atoms with E-state index in [0.717, 1.165) is 6.42 Å². The zero-order valence-corrected chi connectivity index (χ0v) is 12.7. The third-order valence-electron chi connectivity index (χ3n) is 3.84. The number of carbonyl (C=O) groups excluding carboxylic acids is 1. The van der Waals surface area contributed by atoms with Crippen LogP contribution in [0, 0.1) is 18.8 Å². The van der Waals surface area contributed by atoms with Crippen molar-refractivity contribution in [2.75, 3.05) is 0 Å². The number of nitrogens with one attached hydrogen (secondary N) is 1. The van der Waals surface area contributed by atoms with Crippen molar-refractivity contribution in [1.29, 1.82) is 0 Å². The first-order chi connectivity index (χ1) is 9.45. The number of carboxylic acid groups (broad SMARTS) is 1. The van der Waals surface area contributed by atoms with E-state index in [1.54, 1.807) is 11.3 Å². The van der Waals surface area contributed by atoms with Crippen molar-refractivity contribution in [2.45, 2.75) is 45.6 Å². The lowest BCUT2D eigenvalue weighted by molar-refractivity contribution is -0.141. The molecule has 2 N–H and O–H groups in total. The van der Waals surface area contributed by atoms with Gasteiger partial charge < -0.3 is 10.4 Å². The van der Waals surface area contributed by atoms with Crippen molar-refractivity contribution >= 4 is 23.2 Å². The third-order valence-corrected chi connectivity index (χ3v) is 4.87. The Hall–Kier alpha value is -1.36. The minimum absolute atomic E-state index is 0.00882. The molecule has 1 saturated carbocycles. The number of aliphatic carboxylic acids is 1. The predicted octanol–water partition coefficient (Wildman–Crippen LogP) is 2.60. The monoisotopic (exact) mass is 295 g/mol. The molecule has 5 heteroatoms. The Morgan fingerprint density at radius 3 is 2.65 bits per heavy atom. The zero-order valence-electron chi connectivity index (χ0n) is 11.9. The number of thiophene rings is 1. The number of carbonyl (C=O) groups is 2. The number of rotatable bonds is 5. The average Bonchev–Trinajstić information content (AvgIpc) is 2.98. The molecule has 3 atom stereocenters. The first-order valence-electron chi connectivity index (χ1n) is 7.04. The molecule has 1 amide bonds. The van der Waals surface area contributed by atoms with E-state index < -0.39 is 5.97 Å². The highest BCUT2D eigenvalue weighted by Crippen LogP contribution is 2.31. The summed E-state index contributed by atoms with van der Waals surface area (Å²) in [5.74, 6) is -1.25. The van der Waals surface area contributed by atoms with Gasteiger partial charge in [0.2, 0.25) is 5.91 Å². The molecule has 1 aliphatic carbocycles. The summed E-state index contributed by atoms with van der Waals surface area (Å²) >= 11 is 1.75. The quantitative estimate of drug-likeness (QED) is 0.877. The van der Waals surface area contributed by atoms with Crippen LogP contribution in [0.5, 0.6) is 0 Å². The minimum Gasteiger partial charge on any atom is -0.481 e. The molecule has 1 fully saturated rings. The van der Waals surface area contributed by atoms with Crippen molar-refractivity contribution in [2.24, 2.45) is 11.8 Å². The van der Waals surface area contributed by atoms with Crippen LogP contribution in [-0.4, -0.2) is 23.0 Å². The second-order valence-electron chi connectivity index (χ2n) is 5.67. The highest BCUT2D eigenvalue weighted by Gasteiger charge is 2.34. The van der Waals surface area contributed by atoms with Crippen molar-refractivity contribution < 1.29 is 14.7 Å². The predicted molar refractivity (Wildman–Crippen MR) is 78.8 cm³/mol. The van der Waals surface area contributed by atoms with Crippen LogP contribution >= 0.6 is 11.3 Å². The second kappa shape index (κ2) is 6.39. The van der Waals surface area contributed by atoms with Gasteiger partial charge in [-0.15, -0.1) is 11.3 Å². The standard InChI is InChI=1S/C15H21NO3S/c1-9(7-13-6-3-10(2)20-13)16-14(17)11-4-5-12(8-11)15(18)19/h3,6,9,11-12H,4-5,7-8H2,1-2H3,(H,16,17)(H,18,19)/t9?,11-,12+/m1/s1. The molecule has 0 spiro atoms. The molecule has 1 aliphatic rings. The largest absolute Gasteiger partial charge is 0.481 e. The zero-order chi connectivity index (χ0) is 14.7. The normalized spacial score (nSPS) is 23.5. The van der Waals surface area contributed by atoms with Gasteiger partial charge in [0.1, 0.15) is 0 Å². The first kappa shape index (κ1) is 15.0. The lowest BCUT2D eigenvalue weighted by atomic mass is 10.0. The van der Waals surface area contributed by atoms with Gasteiger partial charge >= 0.3 is 5.97 Å². The molecule has 0 aliphatic heterocycles. The number of carboxylic acids is 1. The first-order valence-corrected chi connectivity index (χ1v) is 7.86. The molecule has 2 rings (SSSR count). The molecular formula is C15H21NO3S. The maximum absolute atomic E-state index is 12.1. The van der Waals surface area contributed by atoms with Crippen LogP contribution in [0.1, 0.15) is 35.9 Å². The fourth-order valence-electron chi connectivity index (χ4n) is 2.75. The highest BCUT2D eigenvalue weighted by molar-refractivity contribution is 7.11. The molecule has 1 unspecified atom stereocenters. The van der Waals surface area contributed by atoms with Gasteiger partial charge in [0.25, 0.3) is 0 Å². The highest BCUT2D eigenvalue weighted by atomic mass is 32.1. The topological polar surface area (TPSA) is 66.4 Å². The Morgan fingerprint density at radius 2 is 2.10 bits per heavy atom. The summed E-state index contributed by atoms with van der Waals surface area (Å²) in [5, 5.41) is 12.0. The van der Waals surface area contributed by atoms with Crippen LogP contribution in [-0.2, 0) is 16.0 Å². The summed E-state index contributed by atoms with van der Waals surface area (Å²) in [6.45, 7) is 4.07. The lowest BCUT2D eigenvalue weighted by Crippen LogP contribution is -2.37. The Morgan fingerprint density at radius 1 is 1.40 bits per heavy atom. The maximum Gasteiger partial charge on any atom is 0.306 e. The Labute approximate surface area is 123 Å². The number of hydrogen-bond acceptors (Lipinski definition) is 3. The fourth-order valence-corrected chi connectivity index (χ4v) is 3.77. The van der Waals surface area contributed by atoms with Crippen LogP contribution in [0.3, 0.4) is 0 Å². The van der Waals surface area contributed by atoms with Gasteiger partial charge in [-0.3, -0.25) is 9.59 Å². The van der Waals surface area contributed by atoms with Crippen molar-refractivity contribution in [3.63, 3.8) is 0 Å². The average molecular weight is 295 g/mol. The molecular weight excluding hydrogens is 274 g/mol. The van der Waals surface area contributed by atoms with E-state index in [4.69, 9.17) is 5.11 Å². The molecule has 0 radical (unpaired) electrons. The van der Waals surface area contributed by atoms with E-state index in [1.807, 2.05) is 6.92 Å². The summed E-state index contributed by atoms with van der Waals surface area (Å²) in [5.41, 5.74) is 0. The van der Waals surface area contributed by atoms with Gasteiger partial charge in [-0.1, -0.05) is 0 Å². The second-order valence-corrected chi connectivity index (χ2v) is 7.04. The summed E-state index contributed by atoms with van der Waals surface area (Å²) in [7, 11) is 0. The molecule has 4 nitrogen and oxygen atoms in total. The number of hydrogen-bond donors (Lipinski definition) is 2. The Bertz CT molecular complexity index is 497. The summed E-state index contributed by atoms with van der Waals surface area (Å²) < 4.78 is 0. The van der Waals surface area contributed by atoms with E-state index in [-0.39, 0.29) is 23.8 Å². The molecule has 0 bridgehead atoms. The van der Waals surface area contributed by atoms with Crippen LogP contribution in [0.4, 0.5) is 0 Å². The molecule has 0 saturated heterocycles. The SMILES string of the molecule is Cc1ccc(CC(C)NC(=O)[C@@H]2CC[C@H](C(=O)O)C2)s1. The van der Waals surface area contributed by atoms with E-state index in [2.05, 4.69) is 24.4 Å². The Kier molecular flexibility index (Phi) is 4.81. The lowest BCUT2D eigenvalue weighted by Gasteiger charge is -2.16. The van der Waals surface area contributed by atoms with Crippen LogP contribution in [0.2, 0.25) is 0 Å². The van der Waals surface area contributed by atoms with Crippen molar-refractivity contribution in [3.05, 3.63) is 21.9 Å². The molecule has 20 heavy (non-hydrogen) atoms. The van der Waals surface area contributed by atoms with E-state index in [1.165, 1.54) is 9.75 Å². The van der Waals surface area contributed by atoms with E-state index >= 15 is 0 Å². The molecule has 1 aromatic rings.